The van der Waals surface area contributed by atoms with E-state index in [0.29, 0.717) is 29.0 Å². The first-order valence-electron chi connectivity index (χ1n) is 16.0. The van der Waals surface area contributed by atoms with E-state index in [9.17, 15) is 27.9 Å². The molecule has 2 aliphatic rings. The highest BCUT2D eigenvalue weighted by Crippen LogP contribution is 2.35. The van der Waals surface area contributed by atoms with Crippen molar-refractivity contribution in [3.05, 3.63) is 107 Å². The second-order valence-corrected chi connectivity index (χ2v) is 12.4. The lowest BCUT2D eigenvalue weighted by Gasteiger charge is -2.34. The number of aliphatic hydroxyl groups is 1. The van der Waals surface area contributed by atoms with E-state index in [0.717, 1.165) is 49.9 Å². The van der Waals surface area contributed by atoms with E-state index in [4.69, 9.17) is 0 Å². The summed E-state index contributed by atoms with van der Waals surface area (Å²) < 4.78 is 39.3. The molecule has 9 heteroatoms. The minimum Gasteiger partial charge on any atom is -0.390 e. The van der Waals surface area contributed by atoms with Gasteiger partial charge in [0.2, 0.25) is 0 Å². The Morgan fingerprint density at radius 2 is 1.56 bits per heavy atom. The lowest BCUT2D eigenvalue weighted by Crippen LogP contribution is -2.48. The molecule has 1 saturated heterocycles. The average Bonchev–Trinajstić information content (AvgIpc) is 3.55. The Labute approximate surface area is 263 Å². The van der Waals surface area contributed by atoms with Crippen LogP contribution in [-0.4, -0.2) is 53.1 Å². The molecule has 2 fully saturated rings. The Morgan fingerprint density at radius 1 is 0.844 bits per heavy atom. The maximum absolute atomic E-state index is 13.6. The number of carbonyl (C=O) groups excluding carboxylic acids is 2. The summed E-state index contributed by atoms with van der Waals surface area (Å²) in [4.78, 5) is 29.2. The number of amides is 2. The number of alkyl halides is 3. The Balaban J connectivity index is 1.25. The predicted octanol–water partition coefficient (Wildman–Crippen LogP) is 6.38. The Kier molecular flexibility index (Phi) is 10.9. The van der Waals surface area contributed by atoms with Crippen molar-refractivity contribution < 1.29 is 27.9 Å². The number of hydrogen-bond donors (Lipinski definition) is 3. The van der Waals surface area contributed by atoms with Crippen LogP contribution in [0.4, 0.5) is 13.2 Å². The topological polar surface area (TPSA) is 81.7 Å². The van der Waals surface area contributed by atoms with Crippen molar-refractivity contribution >= 4 is 11.8 Å². The van der Waals surface area contributed by atoms with E-state index in [1.807, 2.05) is 35.2 Å². The highest BCUT2D eigenvalue weighted by atomic mass is 19.4. The van der Waals surface area contributed by atoms with Gasteiger partial charge >= 0.3 is 6.18 Å². The van der Waals surface area contributed by atoms with Gasteiger partial charge < -0.3 is 20.6 Å². The molecule has 1 aliphatic heterocycles. The minimum atomic E-state index is -4.44. The van der Waals surface area contributed by atoms with Gasteiger partial charge in [-0.2, -0.15) is 13.2 Å². The number of rotatable bonds is 11. The first kappa shape index (κ1) is 32.7. The van der Waals surface area contributed by atoms with Gasteiger partial charge in [-0.25, -0.2) is 0 Å². The molecule has 0 aromatic heterocycles. The van der Waals surface area contributed by atoms with Gasteiger partial charge in [0.25, 0.3) is 11.8 Å². The third kappa shape index (κ3) is 8.73. The van der Waals surface area contributed by atoms with E-state index < -0.39 is 29.8 Å². The summed E-state index contributed by atoms with van der Waals surface area (Å²) in [7, 11) is 0. The molecule has 0 radical (unpaired) electrons. The number of halogens is 3. The Hall–Kier alpha value is -3.69. The van der Waals surface area contributed by atoms with E-state index in [2.05, 4.69) is 10.6 Å². The number of nitrogens with zero attached hydrogens (tertiary/aromatic N) is 1. The monoisotopic (exact) mass is 621 g/mol. The molecule has 1 saturated carbocycles. The van der Waals surface area contributed by atoms with Crippen molar-refractivity contribution in [1.29, 1.82) is 0 Å². The molecule has 1 aliphatic carbocycles. The molecule has 0 spiro atoms. The lowest BCUT2D eigenvalue weighted by molar-refractivity contribution is -0.137. The van der Waals surface area contributed by atoms with Gasteiger partial charge in [0.05, 0.1) is 17.7 Å². The van der Waals surface area contributed by atoms with E-state index >= 15 is 0 Å². The highest BCUT2D eigenvalue weighted by molar-refractivity contribution is 6.00. The molecule has 3 N–H and O–H groups in total. The van der Waals surface area contributed by atoms with Crippen molar-refractivity contribution in [3.63, 3.8) is 0 Å². The molecule has 240 valence electrons. The van der Waals surface area contributed by atoms with Gasteiger partial charge in [-0.05, 0) is 73.4 Å². The number of carbonyl (C=O) groups is 2. The standard InChI is InChI=1S/C36H42F3N3O3/c37-36(38,39)30-17-7-12-26(20-30)23-40-24-33(43)31(21-25-10-3-1-4-11-25)41-34(44)28-15-8-16-29(22-28)35(45)42-19-9-18-32(42)27-13-5-2-6-14-27/h1,3-4,7-8,10-12,15-17,20,22,27,31-33,40,43H,2,5-6,9,13-14,18-19,21,23-24H2,(H,41,44)/t31-,32?,33+/m0/s1. The first-order valence-corrected chi connectivity index (χ1v) is 16.0. The number of hydrogen-bond acceptors (Lipinski definition) is 4. The normalized spacial score (nSPS) is 18.8. The maximum atomic E-state index is 13.6. The molecule has 5 rings (SSSR count). The van der Waals surface area contributed by atoms with E-state index in [-0.39, 0.29) is 25.0 Å². The zero-order valence-corrected chi connectivity index (χ0v) is 25.4. The van der Waals surface area contributed by atoms with Crippen LogP contribution >= 0.6 is 0 Å². The molecule has 6 nitrogen and oxygen atoms in total. The van der Waals surface area contributed by atoms with Crippen LogP contribution in [-0.2, 0) is 19.1 Å². The SMILES string of the molecule is O=C(N[C@@H](Cc1ccccc1)[C@H](O)CNCc1cccc(C(F)(F)F)c1)c1cccc(C(=O)N2CCCC2C2CCCCC2)c1. The van der Waals surface area contributed by atoms with Gasteiger partial charge in [-0.1, -0.05) is 73.9 Å². The molecule has 1 unspecified atom stereocenters. The second kappa shape index (κ2) is 15.1. The molecule has 3 aromatic carbocycles. The molecule has 3 atom stereocenters. The zero-order valence-electron chi connectivity index (χ0n) is 25.4. The second-order valence-electron chi connectivity index (χ2n) is 12.4. The summed E-state index contributed by atoms with van der Waals surface area (Å²) >= 11 is 0. The molecule has 1 heterocycles. The van der Waals surface area contributed by atoms with Crippen LogP contribution in [0.1, 0.15) is 82.4 Å². The maximum Gasteiger partial charge on any atom is 0.416 e. The van der Waals surface area contributed by atoms with Crippen LogP contribution in [0.5, 0.6) is 0 Å². The van der Waals surface area contributed by atoms with Crippen LogP contribution in [0.2, 0.25) is 0 Å². The van der Waals surface area contributed by atoms with Crippen LogP contribution < -0.4 is 10.6 Å². The summed E-state index contributed by atoms with van der Waals surface area (Å²) in [6, 6.07) is 20.8. The third-order valence-corrected chi connectivity index (χ3v) is 9.14. The van der Waals surface area contributed by atoms with Crippen molar-refractivity contribution in [3.8, 4) is 0 Å². The average molecular weight is 622 g/mol. The summed E-state index contributed by atoms with van der Waals surface area (Å²) in [5.74, 6) is 0.0873. The van der Waals surface area contributed by atoms with Crippen LogP contribution in [0.15, 0.2) is 78.9 Å². The largest absolute Gasteiger partial charge is 0.416 e. The summed E-state index contributed by atoms with van der Waals surface area (Å²) in [5, 5.41) is 17.1. The zero-order chi connectivity index (χ0) is 31.8. The smallest absolute Gasteiger partial charge is 0.390 e. The number of benzene rings is 3. The number of likely N-dealkylation sites (tertiary alicyclic amines) is 1. The molecule has 3 aromatic rings. The van der Waals surface area contributed by atoms with E-state index in [1.54, 1.807) is 30.3 Å². The van der Waals surface area contributed by atoms with Crippen molar-refractivity contribution in [1.82, 2.24) is 15.5 Å². The van der Waals surface area contributed by atoms with Crippen molar-refractivity contribution in [2.75, 3.05) is 13.1 Å². The highest BCUT2D eigenvalue weighted by Gasteiger charge is 2.36. The number of aliphatic hydroxyl groups excluding tert-OH is 1. The predicted molar refractivity (Wildman–Crippen MR) is 168 cm³/mol. The fraction of sp³-hybridized carbons (Fsp3) is 0.444. The summed E-state index contributed by atoms with van der Waals surface area (Å²) in [6.07, 6.45) is 2.91. The third-order valence-electron chi connectivity index (χ3n) is 9.14. The lowest BCUT2D eigenvalue weighted by atomic mass is 9.83. The van der Waals surface area contributed by atoms with Gasteiger partial charge in [-0.3, -0.25) is 9.59 Å². The summed E-state index contributed by atoms with van der Waals surface area (Å²) in [5.41, 5.74) is 1.42. The van der Waals surface area contributed by atoms with Gasteiger partial charge in [0.1, 0.15) is 0 Å². The van der Waals surface area contributed by atoms with Gasteiger partial charge in [0.15, 0.2) is 0 Å². The molecule has 45 heavy (non-hydrogen) atoms. The van der Waals surface area contributed by atoms with Crippen LogP contribution in [0, 0.1) is 5.92 Å². The van der Waals surface area contributed by atoms with Crippen molar-refractivity contribution in [2.45, 2.75) is 82.3 Å². The fourth-order valence-electron chi connectivity index (χ4n) is 6.78. The quantitative estimate of drug-likeness (QED) is 0.232. The van der Waals surface area contributed by atoms with Crippen LogP contribution in [0.25, 0.3) is 0 Å². The van der Waals surface area contributed by atoms with Gasteiger partial charge in [-0.15, -0.1) is 0 Å². The molecular weight excluding hydrogens is 579 g/mol. The minimum absolute atomic E-state index is 0.0441. The molecule has 2 amide bonds. The fourth-order valence-corrected chi connectivity index (χ4v) is 6.78. The number of nitrogens with one attached hydrogen (secondary N) is 2. The van der Waals surface area contributed by atoms with Gasteiger partial charge in [0, 0.05) is 36.8 Å². The summed E-state index contributed by atoms with van der Waals surface area (Å²) in [6.45, 7) is 0.898. The Morgan fingerprint density at radius 3 is 2.31 bits per heavy atom. The van der Waals surface area contributed by atoms with E-state index in [1.165, 1.54) is 25.3 Å². The Bertz CT molecular complexity index is 1430. The molecular formula is C36H42F3N3O3. The van der Waals surface area contributed by atoms with Crippen molar-refractivity contribution in [2.24, 2.45) is 5.92 Å². The molecule has 0 bridgehead atoms. The van der Waals surface area contributed by atoms with Crippen LogP contribution in [0.3, 0.4) is 0 Å². The first-order chi connectivity index (χ1) is 21.7.